The Bertz CT molecular complexity index is 1330. The van der Waals surface area contributed by atoms with Gasteiger partial charge >= 0.3 is 6.18 Å². The van der Waals surface area contributed by atoms with Gasteiger partial charge in [-0.05, 0) is 31.5 Å². The Labute approximate surface area is 228 Å². The van der Waals surface area contributed by atoms with Gasteiger partial charge < -0.3 is 4.57 Å². The van der Waals surface area contributed by atoms with E-state index in [1.807, 2.05) is 48.5 Å². The number of halogens is 4. The maximum absolute atomic E-state index is 14.9. The maximum atomic E-state index is 14.9. The summed E-state index contributed by atoms with van der Waals surface area (Å²) in [5.41, 5.74) is 3.20. The van der Waals surface area contributed by atoms with Gasteiger partial charge in [0.2, 0.25) is 0 Å². The summed E-state index contributed by atoms with van der Waals surface area (Å²) in [5, 5.41) is 0. The summed E-state index contributed by atoms with van der Waals surface area (Å²) in [6.45, 7) is 6.41. The number of aromatic nitrogens is 2. The summed E-state index contributed by atoms with van der Waals surface area (Å²) in [6, 6.07) is 22.9. The molecule has 1 aromatic heterocycles. The second-order valence-corrected chi connectivity index (χ2v) is 9.84. The van der Waals surface area contributed by atoms with Crippen LogP contribution >= 0.6 is 0 Å². The van der Waals surface area contributed by atoms with Crippen LogP contribution in [0.5, 0.6) is 0 Å². The highest BCUT2D eigenvalue weighted by Crippen LogP contribution is 2.33. The van der Waals surface area contributed by atoms with E-state index in [1.54, 1.807) is 0 Å². The van der Waals surface area contributed by atoms with E-state index in [2.05, 4.69) is 35.4 Å². The Morgan fingerprint density at radius 1 is 0.795 bits per heavy atom. The van der Waals surface area contributed by atoms with Crippen molar-refractivity contribution in [2.24, 2.45) is 0 Å². The first kappa shape index (κ1) is 28.6. The molecule has 0 N–H and O–H groups in total. The van der Waals surface area contributed by atoms with E-state index in [0.29, 0.717) is 19.2 Å². The van der Waals surface area contributed by atoms with E-state index >= 15 is 0 Å². The minimum atomic E-state index is -4.58. The molecular weight excluding hydrogens is 502 g/mol. The predicted molar refractivity (Wildman–Crippen MR) is 148 cm³/mol. The second-order valence-electron chi connectivity index (χ2n) is 9.84. The lowest BCUT2D eigenvalue weighted by Crippen LogP contribution is -2.26. The number of unbranched alkanes of at least 4 members (excludes halogenated alkanes) is 2. The monoisotopic (exact) mass is 537 g/mol. The van der Waals surface area contributed by atoms with Crippen LogP contribution in [-0.2, 0) is 25.8 Å². The molecule has 0 aliphatic heterocycles. The van der Waals surface area contributed by atoms with Crippen LogP contribution in [0.2, 0.25) is 0 Å². The Morgan fingerprint density at radius 3 is 2.03 bits per heavy atom. The summed E-state index contributed by atoms with van der Waals surface area (Å²) in [5.74, 6) is 0.0492. The number of imidazole rings is 1. The zero-order valence-electron chi connectivity index (χ0n) is 22.5. The fourth-order valence-corrected chi connectivity index (χ4v) is 4.74. The fourth-order valence-electron chi connectivity index (χ4n) is 4.74. The number of alkyl halides is 3. The van der Waals surface area contributed by atoms with Crippen LogP contribution in [0.4, 0.5) is 17.6 Å². The summed E-state index contributed by atoms with van der Waals surface area (Å²) in [7, 11) is 0. The highest BCUT2D eigenvalue weighted by atomic mass is 19.4. The molecule has 3 aromatic carbocycles. The van der Waals surface area contributed by atoms with Gasteiger partial charge in [0.15, 0.2) is 0 Å². The van der Waals surface area contributed by atoms with Crippen LogP contribution in [0.1, 0.15) is 56.4 Å². The first-order valence-corrected chi connectivity index (χ1v) is 13.6. The largest absolute Gasteiger partial charge is 0.416 e. The summed E-state index contributed by atoms with van der Waals surface area (Å²) in [4.78, 5) is 7.26. The van der Waals surface area contributed by atoms with Crippen molar-refractivity contribution in [1.29, 1.82) is 0 Å². The van der Waals surface area contributed by atoms with Crippen molar-refractivity contribution in [1.82, 2.24) is 14.5 Å². The van der Waals surface area contributed by atoms with E-state index in [4.69, 9.17) is 4.98 Å². The van der Waals surface area contributed by atoms with Crippen LogP contribution in [0.25, 0.3) is 22.6 Å². The minimum absolute atomic E-state index is 0.206. The molecule has 4 rings (SSSR count). The first-order chi connectivity index (χ1) is 18.8. The number of benzene rings is 3. The summed E-state index contributed by atoms with van der Waals surface area (Å²) < 4.78 is 56.5. The van der Waals surface area contributed by atoms with Crippen molar-refractivity contribution in [3.8, 4) is 22.6 Å². The molecule has 0 aliphatic carbocycles. The molecule has 4 aromatic rings. The fraction of sp³-hybridized carbons (Fsp3) is 0.344. The molecule has 0 atom stereocenters. The third kappa shape index (κ3) is 7.15. The average molecular weight is 538 g/mol. The number of rotatable bonds is 12. The second kappa shape index (κ2) is 13.1. The van der Waals surface area contributed by atoms with Gasteiger partial charge in [-0.2, -0.15) is 13.2 Å². The number of nitrogens with zero attached hydrogens (tertiary/aromatic N) is 3. The Hall–Kier alpha value is -3.45. The van der Waals surface area contributed by atoms with Gasteiger partial charge in [0.25, 0.3) is 0 Å². The van der Waals surface area contributed by atoms with Crippen molar-refractivity contribution < 1.29 is 17.6 Å². The molecule has 3 nitrogen and oxygen atoms in total. The van der Waals surface area contributed by atoms with Gasteiger partial charge in [-0.15, -0.1) is 0 Å². The molecule has 7 heteroatoms. The number of hydrogen-bond donors (Lipinski definition) is 0. The zero-order chi connectivity index (χ0) is 27.8. The average Bonchev–Trinajstić information content (AvgIpc) is 3.29. The topological polar surface area (TPSA) is 21.1 Å². The van der Waals surface area contributed by atoms with E-state index in [-0.39, 0.29) is 12.1 Å². The van der Waals surface area contributed by atoms with E-state index < -0.39 is 17.6 Å². The minimum Gasteiger partial charge on any atom is -0.326 e. The summed E-state index contributed by atoms with van der Waals surface area (Å²) >= 11 is 0. The predicted octanol–water partition coefficient (Wildman–Crippen LogP) is 8.98. The first-order valence-electron chi connectivity index (χ1n) is 13.6. The number of hydrogen-bond acceptors (Lipinski definition) is 2. The Kier molecular flexibility index (Phi) is 9.57. The van der Waals surface area contributed by atoms with Gasteiger partial charge in [0.05, 0.1) is 17.0 Å². The lowest BCUT2D eigenvalue weighted by atomic mass is 10.1. The molecule has 0 amide bonds. The summed E-state index contributed by atoms with van der Waals surface area (Å²) in [6.07, 6.45) is -0.756. The molecular formula is C32H35F4N3. The molecule has 0 bridgehead atoms. The van der Waals surface area contributed by atoms with Crippen LogP contribution in [0.15, 0.2) is 78.9 Å². The van der Waals surface area contributed by atoms with Crippen LogP contribution < -0.4 is 0 Å². The molecule has 0 fully saturated rings. The van der Waals surface area contributed by atoms with Gasteiger partial charge in [0.1, 0.15) is 11.6 Å². The zero-order valence-corrected chi connectivity index (χ0v) is 22.5. The smallest absolute Gasteiger partial charge is 0.326 e. The van der Waals surface area contributed by atoms with Crippen LogP contribution in [0.3, 0.4) is 0 Å². The van der Waals surface area contributed by atoms with Crippen molar-refractivity contribution in [2.45, 2.75) is 65.3 Å². The van der Waals surface area contributed by atoms with Crippen molar-refractivity contribution in [3.05, 3.63) is 102 Å². The third-order valence-corrected chi connectivity index (χ3v) is 6.86. The SMILES string of the molecule is CCCCN(Cc1ccc(C(F)(F)F)cc1F)Cc1c(-c2ccccc2)nc(-c2ccccc2)n1CCCC. The molecule has 0 saturated heterocycles. The molecule has 0 aliphatic rings. The van der Waals surface area contributed by atoms with Crippen LogP contribution in [-0.4, -0.2) is 21.0 Å². The van der Waals surface area contributed by atoms with Crippen molar-refractivity contribution in [3.63, 3.8) is 0 Å². The Balaban J connectivity index is 1.77. The molecule has 39 heavy (non-hydrogen) atoms. The quantitative estimate of drug-likeness (QED) is 0.168. The van der Waals surface area contributed by atoms with E-state index in [0.717, 1.165) is 66.6 Å². The standard InChI is InChI=1S/C32H35F4N3/c1-3-5-19-38(22-26-17-18-27(21-28(26)33)32(34,35)36)23-29-30(24-13-9-7-10-14-24)37-31(39(29)20-6-4-2)25-15-11-8-12-16-25/h7-18,21H,3-6,19-20,22-23H2,1-2H3. The van der Waals surface area contributed by atoms with E-state index in [1.165, 1.54) is 6.07 Å². The molecule has 0 saturated carbocycles. The van der Waals surface area contributed by atoms with E-state index in [9.17, 15) is 17.6 Å². The van der Waals surface area contributed by atoms with Gasteiger partial charge in [-0.3, -0.25) is 4.90 Å². The lowest BCUT2D eigenvalue weighted by Gasteiger charge is -2.24. The maximum Gasteiger partial charge on any atom is 0.416 e. The molecule has 0 radical (unpaired) electrons. The van der Waals surface area contributed by atoms with Crippen molar-refractivity contribution >= 4 is 0 Å². The highest BCUT2D eigenvalue weighted by molar-refractivity contribution is 5.68. The van der Waals surface area contributed by atoms with Gasteiger partial charge in [0, 0.05) is 36.3 Å². The Morgan fingerprint density at radius 2 is 1.44 bits per heavy atom. The lowest BCUT2D eigenvalue weighted by molar-refractivity contribution is -0.137. The third-order valence-electron chi connectivity index (χ3n) is 6.86. The van der Waals surface area contributed by atoms with Gasteiger partial charge in [-0.1, -0.05) is 93.4 Å². The highest BCUT2D eigenvalue weighted by Gasteiger charge is 2.31. The molecule has 206 valence electrons. The molecule has 0 unspecified atom stereocenters. The van der Waals surface area contributed by atoms with Crippen LogP contribution in [0, 0.1) is 5.82 Å². The normalized spacial score (nSPS) is 11.9. The van der Waals surface area contributed by atoms with Crippen molar-refractivity contribution in [2.75, 3.05) is 6.54 Å². The molecule has 1 heterocycles. The van der Waals surface area contributed by atoms with Gasteiger partial charge in [-0.25, -0.2) is 9.37 Å². The molecule has 0 spiro atoms.